The van der Waals surface area contributed by atoms with Crippen molar-refractivity contribution in [1.29, 1.82) is 0 Å². The van der Waals surface area contributed by atoms with Crippen LogP contribution in [0.5, 0.6) is 0 Å². The SMILES string of the molecule is C#Cc1cccc(NC(=O)CN=C(NCC)NCC(CCO)CC(C)C)c1. The van der Waals surface area contributed by atoms with Crippen LogP contribution in [0.15, 0.2) is 29.3 Å². The molecule has 6 nitrogen and oxygen atoms in total. The van der Waals surface area contributed by atoms with Gasteiger partial charge in [0.25, 0.3) is 0 Å². The normalized spacial score (nSPS) is 12.4. The predicted octanol–water partition coefficient (Wildman–Crippen LogP) is 2.21. The van der Waals surface area contributed by atoms with Crippen LogP contribution in [0, 0.1) is 24.2 Å². The van der Waals surface area contributed by atoms with E-state index in [0.717, 1.165) is 12.8 Å². The highest BCUT2D eigenvalue weighted by Gasteiger charge is 2.11. The van der Waals surface area contributed by atoms with E-state index in [4.69, 9.17) is 6.42 Å². The van der Waals surface area contributed by atoms with Crippen LogP contribution < -0.4 is 16.0 Å². The Balaban J connectivity index is 2.60. The van der Waals surface area contributed by atoms with Gasteiger partial charge < -0.3 is 21.1 Å². The number of amides is 1. The summed E-state index contributed by atoms with van der Waals surface area (Å²) in [6.45, 7) is 7.90. The molecule has 0 radical (unpaired) electrons. The molecule has 1 aromatic rings. The molecular weight excluding hydrogens is 340 g/mol. The van der Waals surface area contributed by atoms with Gasteiger partial charge in [0.1, 0.15) is 6.54 Å². The Morgan fingerprint density at radius 1 is 1.33 bits per heavy atom. The highest BCUT2D eigenvalue weighted by atomic mass is 16.3. The van der Waals surface area contributed by atoms with E-state index in [0.29, 0.717) is 42.1 Å². The first-order chi connectivity index (χ1) is 13.0. The Morgan fingerprint density at radius 2 is 2.11 bits per heavy atom. The highest BCUT2D eigenvalue weighted by molar-refractivity contribution is 5.94. The smallest absolute Gasteiger partial charge is 0.246 e. The molecule has 0 fully saturated rings. The monoisotopic (exact) mass is 372 g/mol. The van der Waals surface area contributed by atoms with E-state index in [-0.39, 0.29) is 19.1 Å². The largest absolute Gasteiger partial charge is 0.396 e. The van der Waals surface area contributed by atoms with Crippen molar-refractivity contribution in [3.63, 3.8) is 0 Å². The Bertz CT molecular complexity index is 650. The van der Waals surface area contributed by atoms with Crippen molar-refractivity contribution in [2.45, 2.75) is 33.6 Å². The van der Waals surface area contributed by atoms with Crippen LogP contribution in [0.3, 0.4) is 0 Å². The van der Waals surface area contributed by atoms with E-state index in [1.165, 1.54) is 0 Å². The van der Waals surface area contributed by atoms with E-state index in [9.17, 15) is 9.90 Å². The number of rotatable bonds is 10. The molecule has 0 spiro atoms. The summed E-state index contributed by atoms with van der Waals surface area (Å²) in [6, 6.07) is 7.14. The van der Waals surface area contributed by atoms with Crippen molar-refractivity contribution in [1.82, 2.24) is 10.6 Å². The Kier molecular flexibility index (Phi) is 10.7. The average Bonchev–Trinajstić information content (AvgIpc) is 2.63. The number of guanidine groups is 1. The van der Waals surface area contributed by atoms with Gasteiger partial charge in [0.05, 0.1) is 0 Å². The van der Waals surface area contributed by atoms with Gasteiger partial charge in [-0.05, 0) is 49.8 Å². The number of benzene rings is 1. The molecule has 1 atom stereocenters. The fraction of sp³-hybridized carbons (Fsp3) is 0.524. The minimum atomic E-state index is -0.213. The zero-order valence-electron chi connectivity index (χ0n) is 16.6. The predicted molar refractivity (Wildman–Crippen MR) is 112 cm³/mol. The maximum Gasteiger partial charge on any atom is 0.246 e. The summed E-state index contributed by atoms with van der Waals surface area (Å²) < 4.78 is 0. The van der Waals surface area contributed by atoms with Crippen LogP contribution in [0.4, 0.5) is 5.69 Å². The second-order valence-electron chi connectivity index (χ2n) is 6.86. The molecule has 0 aromatic heterocycles. The van der Waals surface area contributed by atoms with E-state index < -0.39 is 0 Å². The molecule has 0 bridgehead atoms. The molecule has 27 heavy (non-hydrogen) atoms. The van der Waals surface area contributed by atoms with E-state index >= 15 is 0 Å². The molecule has 1 unspecified atom stereocenters. The van der Waals surface area contributed by atoms with Gasteiger partial charge in [-0.1, -0.05) is 25.8 Å². The minimum absolute atomic E-state index is 0.00443. The number of carbonyl (C=O) groups is 1. The van der Waals surface area contributed by atoms with Crippen LogP contribution in [0.1, 0.15) is 39.2 Å². The number of anilines is 1. The summed E-state index contributed by atoms with van der Waals surface area (Å²) in [5.41, 5.74) is 1.37. The van der Waals surface area contributed by atoms with Crippen molar-refractivity contribution in [3.05, 3.63) is 29.8 Å². The number of hydrogen-bond acceptors (Lipinski definition) is 3. The third-order valence-corrected chi connectivity index (χ3v) is 3.94. The molecule has 0 aliphatic heterocycles. The third-order valence-electron chi connectivity index (χ3n) is 3.94. The lowest BCUT2D eigenvalue weighted by atomic mass is 9.94. The molecule has 148 valence electrons. The van der Waals surface area contributed by atoms with Gasteiger partial charge in [-0.15, -0.1) is 6.42 Å². The fourth-order valence-corrected chi connectivity index (χ4v) is 2.77. The van der Waals surface area contributed by atoms with Crippen molar-refractivity contribution in [3.8, 4) is 12.3 Å². The molecule has 0 saturated heterocycles. The Hall–Kier alpha value is -2.52. The first-order valence-corrected chi connectivity index (χ1v) is 9.48. The van der Waals surface area contributed by atoms with Crippen LogP contribution in [-0.2, 0) is 4.79 Å². The fourth-order valence-electron chi connectivity index (χ4n) is 2.77. The molecule has 0 aliphatic carbocycles. The molecule has 1 amide bonds. The van der Waals surface area contributed by atoms with Gasteiger partial charge in [0.15, 0.2) is 5.96 Å². The van der Waals surface area contributed by atoms with Crippen molar-refractivity contribution in [2.75, 3.05) is 31.6 Å². The zero-order valence-corrected chi connectivity index (χ0v) is 16.6. The number of hydrogen-bond donors (Lipinski definition) is 4. The van der Waals surface area contributed by atoms with E-state index in [1.807, 2.05) is 6.92 Å². The topological polar surface area (TPSA) is 85.8 Å². The zero-order chi connectivity index (χ0) is 20.1. The Labute approximate surface area is 162 Å². The molecular formula is C21H32N4O2. The molecule has 0 heterocycles. The number of aliphatic imine (C=N–C) groups is 1. The van der Waals surface area contributed by atoms with Gasteiger partial charge in [-0.3, -0.25) is 4.79 Å². The maximum atomic E-state index is 12.1. The lowest BCUT2D eigenvalue weighted by Gasteiger charge is -2.20. The number of aliphatic hydroxyl groups is 1. The van der Waals surface area contributed by atoms with Crippen LogP contribution in [0.2, 0.25) is 0 Å². The highest BCUT2D eigenvalue weighted by Crippen LogP contribution is 2.14. The third kappa shape index (κ3) is 9.66. The average molecular weight is 373 g/mol. The van der Waals surface area contributed by atoms with Crippen LogP contribution >= 0.6 is 0 Å². The summed E-state index contributed by atoms with van der Waals surface area (Å²) in [6.07, 6.45) is 7.15. The second kappa shape index (κ2) is 12.8. The van der Waals surface area contributed by atoms with Crippen molar-refractivity contribution < 1.29 is 9.90 Å². The summed E-state index contributed by atoms with van der Waals surface area (Å²) in [5.74, 6) is 3.85. The molecule has 0 aliphatic rings. The van der Waals surface area contributed by atoms with Gasteiger partial charge in [-0.25, -0.2) is 4.99 Å². The first-order valence-electron chi connectivity index (χ1n) is 9.48. The van der Waals surface area contributed by atoms with Crippen LogP contribution in [0.25, 0.3) is 0 Å². The summed E-state index contributed by atoms with van der Waals surface area (Å²) >= 11 is 0. The van der Waals surface area contributed by atoms with Crippen molar-refractivity contribution >= 4 is 17.6 Å². The lowest BCUT2D eigenvalue weighted by Crippen LogP contribution is -2.40. The van der Waals surface area contributed by atoms with Gasteiger partial charge >= 0.3 is 0 Å². The Morgan fingerprint density at radius 3 is 2.74 bits per heavy atom. The summed E-state index contributed by atoms with van der Waals surface area (Å²) in [4.78, 5) is 16.5. The summed E-state index contributed by atoms with van der Waals surface area (Å²) in [5, 5.41) is 18.4. The number of carbonyl (C=O) groups excluding carboxylic acids is 1. The molecule has 1 rings (SSSR count). The quantitative estimate of drug-likeness (QED) is 0.288. The van der Waals surface area contributed by atoms with E-state index in [2.05, 4.69) is 40.7 Å². The molecule has 4 N–H and O–H groups in total. The van der Waals surface area contributed by atoms with Crippen molar-refractivity contribution in [2.24, 2.45) is 16.8 Å². The summed E-state index contributed by atoms with van der Waals surface area (Å²) in [7, 11) is 0. The van der Waals surface area contributed by atoms with Crippen LogP contribution in [-0.4, -0.2) is 43.2 Å². The minimum Gasteiger partial charge on any atom is -0.396 e. The number of nitrogens with zero attached hydrogens (tertiary/aromatic N) is 1. The first kappa shape index (κ1) is 22.5. The van der Waals surface area contributed by atoms with E-state index in [1.54, 1.807) is 24.3 Å². The molecule has 6 heteroatoms. The van der Waals surface area contributed by atoms with Gasteiger partial charge in [0, 0.05) is 30.9 Å². The number of terminal acetylenes is 1. The van der Waals surface area contributed by atoms with Gasteiger partial charge in [-0.2, -0.15) is 0 Å². The maximum absolute atomic E-state index is 12.1. The van der Waals surface area contributed by atoms with Gasteiger partial charge in [0.2, 0.25) is 5.91 Å². The number of nitrogens with one attached hydrogen (secondary N) is 3. The number of aliphatic hydroxyl groups excluding tert-OH is 1. The molecule has 1 aromatic carbocycles. The standard InChI is InChI=1S/C21H32N4O2/c1-5-17-8-7-9-19(13-17)25-20(27)15-24-21(22-6-2)23-14-18(10-11-26)12-16(3)4/h1,7-9,13,16,18,26H,6,10-12,14-15H2,2-4H3,(H,25,27)(H2,22,23,24). The second-order valence-corrected chi connectivity index (χ2v) is 6.86. The molecule has 0 saturated carbocycles. The lowest BCUT2D eigenvalue weighted by molar-refractivity contribution is -0.114.